The maximum absolute atomic E-state index is 6.27. The molecule has 0 atom stereocenters. The van der Waals surface area contributed by atoms with Crippen LogP contribution in [0.1, 0.15) is 5.69 Å². The van der Waals surface area contributed by atoms with Crippen LogP contribution in [0.4, 0.5) is 0 Å². The van der Waals surface area contributed by atoms with Gasteiger partial charge in [-0.3, -0.25) is 4.98 Å². The van der Waals surface area contributed by atoms with Crippen LogP contribution in [0.3, 0.4) is 0 Å². The van der Waals surface area contributed by atoms with E-state index >= 15 is 0 Å². The van der Waals surface area contributed by atoms with Gasteiger partial charge in [0.05, 0.1) is 22.5 Å². The summed E-state index contributed by atoms with van der Waals surface area (Å²) >= 11 is 7.74. The molecule has 3 aromatic rings. The molecule has 0 saturated carbocycles. The molecule has 0 unspecified atom stereocenters. The average molecular weight is 331 g/mol. The lowest BCUT2D eigenvalue weighted by atomic mass is 10.3. The molecule has 5 nitrogen and oxygen atoms in total. The predicted molar refractivity (Wildman–Crippen MR) is 88.2 cm³/mol. The van der Waals surface area contributed by atoms with Crippen LogP contribution in [0.5, 0.6) is 0 Å². The van der Waals surface area contributed by atoms with Gasteiger partial charge >= 0.3 is 0 Å². The van der Waals surface area contributed by atoms with E-state index in [1.807, 2.05) is 30.3 Å². The van der Waals surface area contributed by atoms with Crippen molar-refractivity contribution in [1.82, 2.24) is 15.0 Å². The highest BCUT2D eigenvalue weighted by Gasteiger charge is 2.14. The Kier molecular flexibility index (Phi) is 4.41. The number of thiazole rings is 1. The molecule has 0 N–H and O–H groups in total. The Labute approximate surface area is 136 Å². The minimum atomic E-state index is 0.428. The second-order valence-electron chi connectivity index (χ2n) is 4.25. The smallest absolute Gasteiger partial charge is 0.150 e. The van der Waals surface area contributed by atoms with Gasteiger partial charge in [-0.15, -0.1) is 11.3 Å². The summed E-state index contributed by atoms with van der Waals surface area (Å²) < 4.78 is 0. The maximum Gasteiger partial charge on any atom is 0.150 e. The van der Waals surface area contributed by atoms with E-state index < -0.39 is 0 Å². The Hall–Kier alpha value is -2.31. The maximum atomic E-state index is 6.27. The molecule has 3 aromatic heterocycles. The molecule has 0 radical (unpaired) electrons. The molecule has 110 valence electrons. The topological polar surface area (TPSA) is 60.3 Å². The summed E-state index contributed by atoms with van der Waals surface area (Å²) in [5.41, 5.74) is 2.36. The third kappa shape index (κ3) is 3.13. The Balaban J connectivity index is 1.99. The van der Waals surface area contributed by atoms with E-state index in [9.17, 15) is 0 Å². The lowest BCUT2D eigenvalue weighted by Crippen LogP contribution is -1.90. The zero-order chi connectivity index (χ0) is 15.4. The van der Waals surface area contributed by atoms with E-state index in [1.165, 1.54) is 18.4 Å². The standard InChI is InChI=1S/C15H11ClN4OS/c1-21-18-9-11-5-2-6-12(19-11)13-14(16)20-15(22-13)10-4-3-7-17-8-10/h2-9H,1H3. The van der Waals surface area contributed by atoms with E-state index in [2.05, 4.69) is 24.9 Å². The van der Waals surface area contributed by atoms with Crippen LogP contribution in [0, 0.1) is 0 Å². The summed E-state index contributed by atoms with van der Waals surface area (Å²) in [6, 6.07) is 9.42. The van der Waals surface area contributed by atoms with Crippen LogP contribution in [-0.4, -0.2) is 28.3 Å². The third-order valence-electron chi connectivity index (χ3n) is 2.79. The second-order valence-corrected chi connectivity index (χ2v) is 5.60. The Morgan fingerprint density at radius 1 is 1.23 bits per heavy atom. The van der Waals surface area contributed by atoms with Gasteiger partial charge in [-0.1, -0.05) is 22.8 Å². The SMILES string of the molecule is CON=Cc1cccc(-c2sc(-c3cccnc3)nc2Cl)n1. The van der Waals surface area contributed by atoms with Crippen molar-refractivity contribution in [2.75, 3.05) is 7.11 Å². The summed E-state index contributed by atoms with van der Waals surface area (Å²) in [5.74, 6) is 0. The highest BCUT2D eigenvalue weighted by Crippen LogP contribution is 2.36. The Bertz CT molecular complexity index is 804. The first kappa shape index (κ1) is 14.6. The molecule has 0 fully saturated rings. The highest BCUT2D eigenvalue weighted by atomic mass is 35.5. The fourth-order valence-corrected chi connectivity index (χ4v) is 3.09. The molecule has 3 heterocycles. The summed E-state index contributed by atoms with van der Waals surface area (Å²) in [6.07, 6.45) is 5.02. The molecule has 0 saturated heterocycles. The van der Waals surface area contributed by atoms with Crippen molar-refractivity contribution < 1.29 is 4.84 Å². The molecule has 0 bridgehead atoms. The van der Waals surface area contributed by atoms with Crippen LogP contribution >= 0.6 is 22.9 Å². The Morgan fingerprint density at radius 3 is 2.91 bits per heavy atom. The van der Waals surface area contributed by atoms with Crippen molar-refractivity contribution in [3.8, 4) is 21.1 Å². The predicted octanol–water partition coefficient (Wildman–Crippen LogP) is 3.90. The van der Waals surface area contributed by atoms with Gasteiger partial charge in [0, 0.05) is 18.0 Å². The molecular formula is C15H11ClN4OS. The summed E-state index contributed by atoms with van der Waals surface area (Å²) in [6.45, 7) is 0. The first-order valence-electron chi connectivity index (χ1n) is 6.38. The zero-order valence-electron chi connectivity index (χ0n) is 11.6. The quantitative estimate of drug-likeness (QED) is 0.537. The van der Waals surface area contributed by atoms with Gasteiger partial charge in [-0.25, -0.2) is 9.97 Å². The monoisotopic (exact) mass is 330 g/mol. The Morgan fingerprint density at radius 2 is 2.14 bits per heavy atom. The number of hydrogen-bond acceptors (Lipinski definition) is 6. The minimum Gasteiger partial charge on any atom is -0.399 e. The van der Waals surface area contributed by atoms with Gasteiger partial charge in [0.15, 0.2) is 0 Å². The average Bonchev–Trinajstić information content (AvgIpc) is 2.96. The van der Waals surface area contributed by atoms with Gasteiger partial charge in [-0.2, -0.15) is 0 Å². The van der Waals surface area contributed by atoms with Crippen molar-refractivity contribution in [2.45, 2.75) is 0 Å². The van der Waals surface area contributed by atoms with Crippen LogP contribution in [-0.2, 0) is 4.84 Å². The fourth-order valence-electron chi connectivity index (χ4n) is 1.83. The van der Waals surface area contributed by atoms with Crippen LogP contribution < -0.4 is 0 Å². The molecule has 0 aromatic carbocycles. The lowest BCUT2D eigenvalue weighted by molar-refractivity contribution is 0.215. The number of aromatic nitrogens is 3. The van der Waals surface area contributed by atoms with Gasteiger partial charge in [0.1, 0.15) is 17.3 Å². The summed E-state index contributed by atoms with van der Waals surface area (Å²) in [7, 11) is 1.49. The van der Waals surface area contributed by atoms with Crippen molar-refractivity contribution in [2.24, 2.45) is 5.16 Å². The van der Waals surface area contributed by atoms with Crippen molar-refractivity contribution in [1.29, 1.82) is 0 Å². The highest BCUT2D eigenvalue weighted by molar-refractivity contribution is 7.19. The van der Waals surface area contributed by atoms with Crippen molar-refractivity contribution in [3.63, 3.8) is 0 Å². The number of nitrogens with zero attached hydrogens (tertiary/aromatic N) is 4. The van der Waals surface area contributed by atoms with Gasteiger partial charge < -0.3 is 4.84 Å². The normalized spacial score (nSPS) is 11.0. The molecule has 7 heteroatoms. The minimum absolute atomic E-state index is 0.428. The first-order valence-corrected chi connectivity index (χ1v) is 7.58. The number of pyridine rings is 2. The fraction of sp³-hybridized carbons (Fsp3) is 0.0667. The first-order chi connectivity index (χ1) is 10.8. The van der Waals surface area contributed by atoms with Crippen LogP contribution in [0.2, 0.25) is 5.15 Å². The van der Waals surface area contributed by atoms with E-state index in [4.69, 9.17) is 11.6 Å². The molecule has 0 aliphatic heterocycles. The number of halogens is 1. The molecule has 0 amide bonds. The molecule has 3 rings (SSSR count). The van der Waals surface area contributed by atoms with E-state index in [0.29, 0.717) is 10.8 Å². The van der Waals surface area contributed by atoms with Gasteiger partial charge in [0.2, 0.25) is 0 Å². The van der Waals surface area contributed by atoms with E-state index in [1.54, 1.807) is 18.6 Å². The molecule has 0 aliphatic rings. The second kappa shape index (κ2) is 6.64. The van der Waals surface area contributed by atoms with E-state index in [-0.39, 0.29) is 0 Å². The van der Waals surface area contributed by atoms with Crippen molar-refractivity contribution in [3.05, 3.63) is 53.6 Å². The number of rotatable bonds is 4. The molecule has 0 spiro atoms. The largest absolute Gasteiger partial charge is 0.399 e. The van der Waals surface area contributed by atoms with Gasteiger partial charge in [-0.05, 0) is 24.3 Å². The van der Waals surface area contributed by atoms with Gasteiger partial charge in [0.25, 0.3) is 0 Å². The number of hydrogen-bond donors (Lipinski definition) is 0. The van der Waals surface area contributed by atoms with Crippen molar-refractivity contribution >= 4 is 29.2 Å². The molecule has 22 heavy (non-hydrogen) atoms. The number of oxime groups is 1. The zero-order valence-corrected chi connectivity index (χ0v) is 13.2. The molecular weight excluding hydrogens is 320 g/mol. The molecule has 0 aliphatic carbocycles. The van der Waals surface area contributed by atoms with Crippen LogP contribution in [0.25, 0.3) is 21.1 Å². The summed E-state index contributed by atoms with van der Waals surface area (Å²) in [4.78, 5) is 18.5. The van der Waals surface area contributed by atoms with Crippen LogP contribution in [0.15, 0.2) is 47.9 Å². The third-order valence-corrected chi connectivity index (χ3v) is 4.30. The van der Waals surface area contributed by atoms with E-state index in [0.717, 1.165) is 21.1 Å². The summed E-state index contributed by atoms with van der Waals surface area (Å²) in [5, 5.41) is 4.95. The lowest BCUT2D eigenvalue weighted by Gasteiger charge is -1.98.